The van der Waals surface area contributed by atoms with E-state index in [0.29, 0.717) is 0 Å². The molecule has 0 saturated heterocycles. The van der Waals surface area contributed by atoms with Crippen LogP contribution >= 0.6 is 0 Å². The first kappa shape index (κ1) is 18.3. The lowest BCUT2D eigenvalue weighted by atomic mass is 10.1. The lowest BCUT2D eigenvalue weighted by molar-refractivity contribution is -0.305. The van der Waals surface area contributed by atoms with Crippen molar-refractivity contribution in [2.75, 3.05) is 0 Å². The van der Waals surface area contributed by atoms with Gasteiger partial charge in [0.05, 0.1) is 0 Å². The SMILES string of the molecule is CC(C)(C)OC(=O)N[C@@H](CCC(=O)[O-])C(=O)OC1CCCC1. The van der Waals surface area contributed by atoms with Crippen LogP contribution in [0, 0.1) is 0 Å². The van der Waals surface area contributed by atoms with Crippen LogP contribution in [0.5, 0.6) is 0 Å². The van der Waals surface area contributed by atoms with Crippen LogP contribution in [0.2, 0.25) is 0 Å². The second-order valence-corrected chi connectivity index (χ2v) is 6.45. The molecule has 0 aromatic rings. The first-order valence-corrected chi connectivity index (χ1v) is 7.57. The van der Waals surface area contributed by atoms with Gasteiger partial charge in [0.2, 0.25) is 0 Å². The van der Waals surface area contributed by atoms with Gasteiger partial charge in [-0.25, -0.2) is 9.59 Å². The molecular formula is C15H24NO6-. The number of esters is 1. The Morgan fingerprint density at radius 1 is 1.23 bits per heavy atom. The van der Waals surface area contributed by atoms with E-state index in [1.807, 2.05) is 0 Å². The Morgan fingerprint density at radius 2 is 1.82 bits per heavy atom. The topological polar surface area (TPSA) is 105 Å². The number of aliphatic carboxylic acids is 1. The Bertz CT molecular complexity index is 409. The highest BCUT2D eigenvalue weighted by molar-refractivity contribution is 5.82. The highest BCUT2D eigenvalue weighted by atomic mass is 16.6. The van der Waals surface area contributed by atoms with Gasteiger partial charge in [0.15, 0.2) is 0 Å². The van der Waals surface area contributed by atoms with E-state index in [9.17, 15) is 19.5 Å². The first-order chi connectivity index (χ1) is 10.2. The number of carbonyl (C=O) groups is 3. The number of amides is 1. The summed E-state index contributed by atoms with van der Waals surface area (Å²) in [6.45, 7) is 5.08. The molecule has 0 aromatic heterocycles. The molecule has 0 unspecified atom stereocenters. The summed E-state index contributed by atoms with van der Waals surface area (Å²) in [5, 5.41) is 13.0. The molecule has 0 spiro atoms. The van der Waals surface area contributed by atoms with Crippen LogP contribution in [-0.4, -0.2) is 35.8 Å². The Balaban J connectivity index is 2.59. The molecule has 0 heterocycles. The summed E-state index contributed by atoms with van der Waals surface area (Å²) < 4.78 is 10.4. The van der Waals surface area contributed by atoms with Crippen molar-refractivity contribution in [3.05, 3.63) is 0 Å². The fourth-order valence-electron chi connectivity index (χ4n) is 2.21. The third kappa shape index (κ3) is 7.28. The van der Waals surface area contributed by atoms with E-state index in [2.05, 4.69) is 5.32 Å². The Labute approximate surface area is 130 Å². The van der Waals surface area contributed by atoms with Crippen molar-refractivity contribution < 1.29 is 29.0 Å². The molecule has 7 heteroatoms. The number of carboxylic acids is 1. The molecule has 1 aliphatic rings. The standard InChI is InChI=1S/C15H25NO6/c1-15(2,3)22-14(20)16-11(8-9-12(17)18)13(19)21-10-6-4-5-7-10/h10-11H,4-9H2,1-3H3,(H,16,20)(H,17,18)/p-1/t11-/m0/s1. The predicted molar refractivity (Wildman–Crippen MR) is 75.7 cm³/mol. The summed E-state index contributed by atoms with van der Waals surface area (Å²) in [4.78, 5) is 34.4. The van der Waals surface area contributed by atoms with Crippen LogP contribution in [0.4, 0.5) is 4.79 Å². The number of hydrogen-bond acceptors (Lipinski definition) is 6. The quantitative estimate of drug-likeness (QED) is 0.730. The molecule has 22 heavy (non-hydrogen) atoms. The third-order valence-corrected chi connectivity index (χ3v) is 3.20. The zero-order chi connectivity index (χ0) is 16.8. The highest BCUT2D eigenvalue weighted by Gasteiger charge is 2.28. The maximum Gasteiger partial charge on any atom is 0.408 e. The summed E-state index contributed by atoms with van der Waals surface area (Å²) in [6.07, 6.45) is 2.23. The molecule has 1 N–H and O–H groups in total. The molecule has 0 aliphatic heterocycles. The monoisotopic (exact) mass is 314 g/mol. The van der Waals surface area contributed by atoms with E-state index in [1.54, 1.807) is 20.8 Å². The first-order valence-electron chi connectivity index (χ1n) is 7.57. The molecule has 1 fully saturated rings. The normalized spacial score (nSPS) is 16.9. The Morgan fingerprint density at radius 3 is 2.32 bits per heavy atom. The number of alkyl carbamates (subject to hydrolysis) is 1. The zero-order valence-corrected chi connectivity index (χ0v) is 13.3. The molecule has 1 atom stereocenters. The fraction of sp³-hybridized carbons (Fsp3) is 0.800. The van der Waals surface area contributed by atoms with Crippen LogP contribution in [0.25, 0.3) is 0 Å². The van der Waals surface area contributed by atoms with Crippen molar-refractivity contribution in [1.82, 2.24) is 5.32 Å². The molecule has 126 valence electrons. The summed E-state index contributed by atoms with van der Waals surface area (Å²) in [6, 6.07) is -1.05. The number of carbonyl (C=O) groups excluding carboxylic acids is 3. The summed E-state index contributed by atoms with van der Waals surface area (Å²) in [5.74, 6) is -1.91. The number of rotatable bonds is 6. The molecule has 0 radical (unpaired) electrons. The minimum Gasteiger partial charge on any atom is -0.550 e. The van der Waals surface area contributed by atoms with Gasteiger partial charge in [0, 0.05) is 5.97 Å². The van der Waals surface area contributed by atoms with Gasteiger partial charge in [0.1, 0.15) is 17.7 Å². The van der Waals surface area contributed by atoms with Gasteiger partial charge in [-0.3, -0.25) is 0 Å². The predicted octanol–water partition coefficient (Wildman–Crippen LogP) is 0.896. The molecule has 1 aliphatic carbocycles. The van der Waals surface area contributed by atoms with Crippen molar-refractivity contribution >= 4 is 18.0 Å². The number of ether oxygens (including phenoxy) is 2. The minimum absolute atomic E-state index is 0.0901. The maximum atomic E-state index is 12.1. The fourth-order valence-corrected chi connectivity index (χ4v) is 2.21. The number of nitrogens with one attached hydrogen (secondary N) is 1. The van der Waals surface area contributed by atoms with E-state index >= 15 is 0 Å². The summed E-state index contributed by atoms with van der Waals surface area (Å²) in [5.41, 5.74) is -0.710. The zero-order valence-electron chi connectivity index (χ0n) is 13.3. The van der Waals surface area contributed by atoms with E-state index in [0.717, 1.165) is 25.7 Å². The van der Waals surface area contributed by atoms with Crippen molar-refractivity contribution in [1.29, 1.82) is 0 Å². The van der Waals surface area contributed by atoms with E-state index < -0.39 is 29.7 Å². The van der Waals surface area contributed by atoms with Gasteiger partial charge >= 0.3 is 12.1 Å². The van der Waals surface area contributed by atoms with Gasteiger partial charge in [-0.15, -0.1) is 0 Å². The summed E-state index contributed by atoms with van der Waals surface area (Å²) in [7, 11) is 0. The molecule has 1 rings (SSSR count). The maximum absolute atomic E-state index is 12.1. The molecule has 7 nitrogen and oxygen atoms in total. The summed E-state index contributed by atoms with van der Waals surface area (Å²) >= 11 is 0. The minimum atomic E-state index is -1.29. The lowest BCUT2D eigenvalue weighted by Gasteiger charge is -2.24. The highest BCUT2D eigenvalue weighted by Crippen LogP contribution is 2.21. The van der Waals surface area contributed by atoms with Gasteiger partial charge in [0.25, 0.3) is 0 Å². The van der Waals surface area contributed by atoms with Gasteiger partial charge < -0.3 is 24.7 Å². The van der Waals surface area contributed by atoms with Crippen molar-refractivity contribution in [3.63, 3.8) is 0 Å². The van der Waals surface area contributed by atoms with Crippen LogP contribution in [0.1, 0.15) is 59.3 Å². The Hall–Kier alpha value is -1.79. The molecule has 0 aromatic carbocycles. The van der Waals surface area contributed by atoms with Crippen molar-refractivity contribution in [2.24, 2.45) is 0 Å². The largest absolute Gasteiger partial charge is 0.550 e. The number of hydrogen-bond donors (Lipinski definition) is 1. The average molecular weight is 314 g/mol. The molecule has 1 saturated carbocycles. The molecule has 0 bridgehead atoms. The average Bonchev–Trinajstić information content (AvgIpc) is 2.84. The van der Waals surface area contributed by atoms with Gasteiger partial charge in [-0.05, 0) is 59.3 Å². The Kier molecular flexibility index (Phi) is 6.64. The third-order valence-electron chi connectivity index (χ3n) is 3.20. The van der Waals surface area contributed by atoms with Crippen LogP contribution in [-0.2, 0) is 19.1 Å². The van der Waals surface area contributed by atoms with Gasteiger partial charge in [-0.1, -0.05) is 0 Å². The van der Waals surface area contributed by atoms with Crippen molar-refractivity contribution in [3.8, 4) is 0 Å². The van der Waals surface area contributed by atoms with E-state index in [1.165, 1.54) is 0 Å². The molecule has 1 amide bonds. The lowest BCUT2D eigenvalue weighted by Crippen LogP contribution is -2.45. The van der Waals surface area contributed by atoms with Crippen molar-refractivity contribution in [2.45, 2.75) is 77.0 Å². The van der Waals surface area contributed by atoms with Gasteiger partial charge in [-0.2, -0.15) is 0 Å². The second kappa shape index (κ2) is 8.00. The van der Waals surface area contributed by atoms with E-state index in [-0.39, 0.29) is 18.9 Å². The smallest absolute Gasteiger partial charge is 0.408 e. The molecular weight excluding hydrogens is 290 g/mol. The number of carboxylic acid groups (broad SMARTS) is 1. The van der Waals surface area contributed by atoms with E-state index in [4.69, 9.17) is 9.47 Å². The van der Waals surface area contributed by atoms with Crippen LogP contribution in [0.3, 0.4) is 0 Å². The van der Waals surface area contributed by atoms with Crippen LogP contribution in [0.15, 0.2) is 0 Å². The van der Waals surface area contributed by atoms with Crippen LogP contribution < -0.4 is 10.4 Å². The second-order valence-electron chi connectivity index (χ2n) is 6.45.